The first kappa shape index (κ1) is 26.9. The number of carbonyl (C=O) groups is 3. The first-order valence-electron chi connectivity index (χ1n) is 12.8. The molecule has 208 valence electrons. The highest BCUT2D eigenvalue weighted by Crippen LogP contribution is 2.54. The Labute approximate surface area is 243 Å². The highest BCUT2D eigenvalue weighted by molar-refractivity contribution is 8.00. The molecule has 3 aromatic carbocycles. The number of amides is 3. The van der Waals surface area contributed by atoms with Gasteiger partial charge in [-0.1, -0.05) is 53.4 Å². The van der Waals surface area contributed by atoms with Crippen LogP contribution in [0.2, 0.25) is 0 Å². The summed E-state index contributed by atoms with van der Waals surface area (Å²) in [5.41, 5.74) is 1.85. The minimum atomic E-state index is -0.757. The van der Waals surface area contributed by atoms with E-state index in [1.807, 2.05) is 18.2 Å². The molecule has 4 aromatic rings. The van der Waals surface area contributed by atoms with Gasteiger partial charge in [-0.3, -0.25) is 23.7 Å². The van der Waals surface area contributed by atoms with Crippen molar-refractivity contribution >= 4 is 52.2 Å². The number of methoxy groups -OCH3 is 2. The normalized spacial score (nSPS) is 19.5. The van der Waals surface area contributed by atoms with Gasteiger partial charge in [-0.05, 0) is 54.1 Å². The third-order valence-corrected chi connectivity index (χ3v) is 9.82. The van der Waals surface area contributed by atoms with E-state index >= 15 is 0 Å². The fourth-order valence-electron chi connectivity index (χ4n) is 5.28. The molecule has 2 aliphatic heterocycles. The minimum absolute atomic E-state index is 0.235. The summed E-state index contributed by atoms with van der Waals surface area (Å²) in [6, 6.07) is 23.0. The van der Waals surface area contributed by atoms with E-state index in [0.29, 0.717) is 32.8 Å². The molecule has 0 spiro atoms. The molecule has 0 bridgehead atoms. The fourth-order valence-corrected chi connectivity index (χ4v) is 8.05. The van der Waals surface area contributed by atoms with E-state index in [1.54, 1.807) is 74.9 Å². The summed E-state index contributed by atoms with van der Waals surface area (Å²) in [6.45, 7) is -0.235. The molecule has 3 atom stereocenters. The molecule has 0 saturated carbocycles. The van der Waals surface area contributed by atoms with Crippen LogP contribution in [0.15, 0.2) is 88.7 Å². The summed E-state index contributed by atoms with van der Waals surface area (Å²) < 4.78 is 11.9. The lowest BCUT2D eigenvalue weighted by molar-refractivity contribution is -0.122. The van der Waals surface area contributed by atoms with Crippen LogP contribution in [-0.4, -0.2) is 41.8 Å². The standard InChI is InChI=1S/C30H25N3O6S2/c1-38-20-12-8-17(9-13-20)23-24-25(28(36)33(27(24)35)19-6-4-3-5-7-19)40-29-26(23)41-30(37)32(29)16-22(34)31-18-10-14-21(39-2)15-11-18/h3-15,23-25H,16H2,1-2H3,(H,31,34). The number of hydrogen-bond acceptors (Lipinski definition) is 8. The molecule has 9 nitrogen and oxygen atoms in total. The molecule has 1 saturated heterocycles. The lowest BCUT2D eigenvalue weighted by atomic mass is 9.83. The van der Waals surface area contributed by atoms with Gasteiger partial charge >= 0.3 is 4.87 Å². The van der Waals surface area contributed by atoms with Gasteiger partial charge in [0.2, 0.25) is 17.7 Å². The van der Waals surface area contributed by atoms with Crippen molar-refractivity contribution in [3.63, 3.8) is 0 Å². The zero-order chi connectivity index (χ0) is 28.7. The number of nitrogens with zero attached hydrogens (tertiary/aromatic N) is 2. The predicted octanol–water partition coefficient (Wildman–Crippen LogP) is 4.36. The Bertz CT molecular complexity index is 1680. The summed E-state index contributed by atoms with van der Waals surface area (Å²) in [5, 5.41) is 2.58. The van der Waals surface area contributed by atoms with E-state index in [-0.39, 0.29) is 29.1 Å². The Kier molecular flexibility index (Phi) is 7.14. The molecule has 3 heterocycles. The molecular weight excluding hydrogens is 562 g/mol. The van der Waals surface area contributed by atoms with Crippen molar-refractivity contribution in [2.45, 2.75) is 22.7 Å². The zero-order valence-electron chi connectivity index (χ0n) is 22.1. The number of aromatic nitrogens is 1. The summed E-state index contributed by atoms with van der Waals surface area (Å²) in [5.74, 6) is -0.994. The van der Waals surface area contributed by atoms with Crippen LogP contribution in [0.5, 0.6) is 11.5 Å². The van der Waals surface area contributed by atoms with E-state index in [0.717, 1.165) is 16.9 Å². The second kappa shape index (κ2) is 10.9. The maximum atomic E-state index is 13.9. The number of imide groups is 1. The molecule has 3 amide bonds. The molecule has 1 aromatic heterocycles. The molecule has 3 unspecified atom stereocenters. The zero-order valence-corrected chi connectivity index (χ0v) is 23.7. The highest BCUT2D eigenvalue weighted by atomic mass is 32.2. The largest absolute Gasteiger partial charge is 0.497 e. The first-order chi connectivity index (χ1) is 19.9. The lowest BCUT2D eigenvalue weighted by Gasteiger charge is -2.30. The van der Waals surface area contributed by atoms with Crippen LogP contribution in [-0.2, 0) is 20.9 Å². The van der Waals surface area contributed by atoms with Crippen LogP contribution < -0.4 is 24.6 Å². The van der Waals surface area contributed by atoms with Gasteiger partial charge in [0.1, 0.15) is 23.3 Å². The molecule has 0 radical (unpaired) electrons. The number of anilines is 2. The molecule has 2 aliphatic rings. The number of carbonyl (C=O) groups excluding carboxylic acids is 3. The van der Waals surface area contributed by atoms with Gasteiger partial charge in [0.15, 0.2) is 0 Å². The number of rotatable bonds is 7. The number of nitrogens with one attached hydrogen (secondary N) is 1. The van der Waals surface area contributed by atoms with Crippen molar-refractivity contribution in [1.82, 2.24) is 4.57 Å². The molecule has 11 heteroatoms. The van der Waals surface area contributed by atoms with Crippen LogP contribution in [0.1, 0.15) is 16.4 Å². The predicted molar refractivity (Wildman–Crippen MR) is 157 cm³/mol. The maximum Gasteiger partial charge on any atom is 0.308 e. The van der Waals surface area contributed by atoms with Crippen molar-refractivity contribution in [2.75, 3.05) is 24.4 Å². The van der Waals surface area contributed by atoms with Gasteiger partial charge in [0.05, 0.1) is 30.9 Å². The minimum Gasteiger partial charge on any atom is -0.497 e. The number of para-hydroxylation sites is 1. The second-order valence-electron chi connectivity index (χ2n) is 9.56. The second-order valence-corrected chi connectivity index (χ2v) is 11.7. The number of fused-ring (bicyclic) bond motifs is 2. The third kappa shape index (κ3) is 4.81. The van der Waals surface area contributed by atoms with Crippen LogP contribution in [0, 0.1) is 5.92 Å². The van der Waals surface area contributed by atoms with Crippen LogP contribution >= 0.6 is 23.1 Å². The Morgan fingerprint density at radius 2 is 1.49 bits per heavy atom. The number of thioether (sulfide) groups is 1. The lowest BCUT2D eigenvalue weighted by Crippen LogP contribution is -2.33. The molecular formula is C30H25N3O6S2. The van der Waals surface area contributed by atoms with Crippen molar-refractivity contribution in [1.29, 1.82) is 0 Å². The maximum absolute atomic E-state index is 13.9. The Morgan fingerprint density at radius 3 is 2.12 bits per heavy atom. The smallest absolute Gasteiger partial charge is 0.308 e. The van der Waals surface area contributed by atoms with Crippen LogP contribution in [0.25, 0.3) is 0 Å². The van der Waals surface area contributed by atoms with E-state index in [1.165, 1.54) is 21.2 Å². The van der Waals surface area contributed by atoms with Crippen molar-refractivity contribution in [2.24, 2.45) is 5.92 Å². The summed E-state index contributed by atoms with van der Waals surface area (Å²) >= 11 is 2.19. The van der Waals surface area contributed by atoms with E-state index < -0.39 is 17.1 Å². The number of benzene rings is 3. The third-order valence-electron chi connectivity index (χ3n) is 7.21. The first-order valence-corrected chi connectivity index (χ1v) is 14.5. The number of hydrogen-bond donors (Lipinski definition) is 1. The van der Waals surface area contributed by atoms with Crippen molar-refractivity contribution < 1.29 is 23.9 Å². The summed E-state index contributed by atoms with van der Waals surface area (Å²) in [7, 11) is 3.13. The molecule has 0 aliphatic carbocycles. The van der Waals surface area contributed by atoms with E-state index in [9.17, 15) is 19.2 Å². The Hall–Kier alpha value is -4.35. The molecule has 1 N–H and O–H groups in total. The average Bonchev–Trinajstić information content (AvgIpc) is 3.44. The van der Waals surface area contributed by atoms with E-state index in [4.69, 9.17) is 9.47 Å². The number of ether oxygens (including phenoxy) is 2. The summed E-state index contributed by atoms with van der Waals surface area (Å²) in [4.78, 5) is 55.6. The fraction of sp³-hybridized carbons (Fsp3) is 0.200. The molecule has 41 heavy (non-hydrogen) atoms. The van der Waals surface area contributed by atoms with Crippen molar-refractivity contribution in [3.8, 4) is 11.5 Å². The molecule has 1 fully saturated rings. The van der Waals surface area contributed by atoms with Gasteiger partial charge in [-0.2, -0.15) is 0 Å². The quantitative estimate of drug-likeness (QED) is 0.320. The number of thiazole rings is 1. The average molecular weight is 588 g/mol. The SMILES string of the molecule is COc1ccc(NC(=O)Cn2c3c(sc2=O)C(c2ccc(OC)cc2)C2C(=O)N(c4ccccc4)C(=O)C2S3)cc1. The van der Waals surface area contributed by atoms with Gasteiger partial charge < -0.3 is 14.8 Å². The monoisotopic (exact) mass is 587 g/mol. The van der Waals surface area contributed by atoms with Gasteiger partial charge in [-0.15, -0.1) is 0 Å². The van der Waals surface area contributed by atoms with Gasteiger partial charge in [-0.25, -0.2) is 4.90 Å². The highest BCUT2D eigenvalue weighted by Gasteiger charge is 2.56. The van der Waals surface area contributed by atoms with Gasteiger partial charge in [0.25, 0.3) is 0 Å². The summed E-state index contributed by atoms with van der Waals surface area (Å²) in [6.07, 6.45) is 0. The van der Waals surface area contributed by atoms with E-state index in [2.05, 4.69) is 5.32 Å². The Morgan fingerprint density at radius 1 is 0.854 bits per heavy atom. The Balaban J connectivity index is 1.39. The van der Waals surface area contributed by atoms with Crippen LogP contribution in [0.3, 0.4) is 0 Å². The molecule has 6 rings (SSSR count). The van der Waals surface area contributed by atoms with Crippen LogP contribution in [0.4, 0.5) is 11.4 Å². The van der Waals surface area contributed by atoms with Crippen molar-refractivity contribution in [3.05, 3.63) is 99.0 Å². The van der Waals surface area contributed by atoms with Gasteiger partial charge in [0, 0.05) is 16.5 Å². The topological polar surface area (TPSA) is 107 Å².